The Balaban J connectivity index is 2.09. The zero-order chi connectivity index (χ0) is 14.5. The minimum absolute atomic E-state index is 0.252. The first-order valence-corrected chi connectivity index (χ1v) is 7.21. The summed E-state index contributed by atoms with van der Waals surface area (Å²) in [5.74, 6) is 0.312. The van der Waals surface area contributed by atoms with Gasteiger partial charge in [0.05, 0.1) is 0 Å². The van der Waals surface area contributed by atoms with Crippen molar-refractivity contribution in [3.05, 3.63) is 65.2 Å². The number of aromatic hydroxyl groups is 1. The van der Waals surface area contributed by atoms with E-state index in [4.69, 9.17) is 0 Å². The molecule has 0 aliphatic rings. The maximum Gasteiger partial charge on any atom is 0.115 e. The van der Waals surface area contributed by atoms with Gasteiger partial charge in [0.25, 0.3) is 0 Å². The van der Waals surface area contributed by atoms with Crippen molar-refractivity contribution in [3.63, 3.8) is 0 Å². The summed E-state index contributed by atoms with van der Waals surface area (Å²) < 4.78 is 0. The van der Waals surface area contributed by atoms with Gasteiger partial charge in [-0.2, -0.15) is 0 Å². The van der Waals surface area contributed by atoms with Crippen molar-refractivity contribution in [3.8, 4) is 5.75 Å². The van der Waals surface area contributed by atoms with E-state index in [9.17, 15) is 5.11 Å². The average Bonchev–Trinajstić information content (AvgIpc) is 2.46. The largest absolute Gasteiger partial charge is 0.508 e. The van der Waals surface area contributed by atoms with Gasteiger partial charge in [0.2, 0.25) is 0 Å². The van der Waals surface area contributed by atoms with Crippen LogP contribution in [-0.4, -0.2) is 5.11 Å². The number of benzene rings is 2. The van der Waals surface area contributed by atoms with Crippen molar-refractivity contribution >= 4 is 0 Å². The van der Waals surface area contributed by atoms with Crippen molar-refractivity contribution in [2.75, 3.05) is 0 Å². The zero-order valence-electron chi connectivity index (χ0n) is 12.4. The molecule has 0 aliphatic carbocycles. The van der Waals surface area contributed by atoms with Crippen molar-refractivity contribution in [1.29, 1.82) is 0 Å². The molecule has 2 atom stereocenters. The van der Waals surface area contributed by atoms with Crippen LogP contribution in [0.1, 0.15) is 49.0 Å². The molecule has 0 aliphatic heterocycles. The molecular formula is C18H23NO. The Kier molecular flexibility index (Phi) is 4.80. The third-order valence-corrected chi connectivity index (χ3v) is 3.73. The van der Waals surface area contributed by atoms with Crippen molar-refractivity contribution < 1.29 is 5.11 Å². The molecule has 2 rings (SSSR count). The van der Waals surface area contributed by atoms with E-state index in [-0.39, 0.29) is 6.04 Å². The average molecular weight is 269 g/mol. The van der Waals surface area contributed by atoms with Gasteiger partial charge in [0.1, 0.15) is 5.75 Å². The van der Waals surface area contributed by atoms with Gasteiger partial charge >= 0.3 is 0 Å². The number of hydrogen-bond acceptors (Lipinski definition) is 2. The summed E-state index contributed by atoms with van der Waals surface area (Å²) in [6.45, 7) is 6.46. The van der Waals surface area contributed by atoms with Crippen molar-refractivity contribution in [2.24, 2.45) is 0 Å². The van der Waals surface area contributed by atoms with Crippen LogP contribution in [0.25, 0.3) is 0 Å². The van der Waals surface area contributed by atoms with Crippen LogP contribution >= 0.6 is 0 Å². The smallest absolute Gasteiger partial charge is 0.115 e. The molecule has 0 spiro atoms. The second-order valence-corrected chi connectivity index (χ2v) is 5.35. The van der Waals surface area contributed by atoms with Crippen LogP contribution in [0.4, 0.5) is 0 Å². The summed E-state index contributed by atoms with van der Waals surface area (Å²) in [5.41, 5.74) is 3.80. The van der Waals surface area contributed by atoms with E-state index in [0.29, 0.717) is 11.8 Å². The lowest BCUT2D eigenvalue weighted by atomic mass is 10.0. The Morgan fingerprint density at radius 3 is 2.05 bits per heavy atom. The van der Waals surface area contributed by atoms with Gasteiger partial charge in [0.15, 0.2) is 0 Å². The maximum atomic E-state index is 9.35. The molecule has 0 radical (unpaired) electrons. The zero-order valence-corrected chi connectivity index (χ0v) is 12.4. The van der Waals surface area contributed by atoms with Crippen LogP contribution < -0.4 is 5.32 Å². The molecule has 0 bridgehead atoms. The van der Waals surface area contributed by atoms with E-state index in [1.54, 1.807) is 12.1 Å². The quantitative estimate of drug-likeness (QED) is 0.837. The number of rotatable bonds is 5. The molecule has 0 aromatic heterocycles. The molecule has 0 fully saturated rings. The molecule has 2 heteroatoms. The van der Waals surface area contributed by atoms with Gasteiger partial charge in [-0.25, -0.2) is 0 Å². The van der Waals surface area contributed by atoms with Crippen LogP contribution in [0.3, 0.4) is 0 Å². The van der Waals surface area contributed by atoms with Gasteiger partial charge in [0, 0.05) is 12.1 Å². The lowest BCUT2D eigenvalue weighted by Crippen LogP contribution is -2.24. The second kappa shape index (κ2) is 6.58. The van der Waals surface area contributed by atoms with E-state index in [1.807, 2.05) is 12.1 Å². The van der Waals surface area contributed by atoms with E-state index >= 15 is 0 Å². The Morgan fingerprint density at radius 2 is 1.50 bits per heavy atom. The SMILES string of the molecule is CCC(NC(C)c1ccc(O)cc1)c1ccc(C)cc1. The molecule has 0 saturated heterocycles. The molecule has 2 unspecified atom stereocenters. The van der Waals surface area contributed by atoms with Crippen molar-refractivity contribution in [2.45, 2.75) is 39.3 Å². The van der Waals surface area contributed by atoms with Gasteiger partial charge in [-0.05, 0) is 43.5 Å². The highest BCUT2D eigenvalue weighted by molar-refractivity contribution is 5.29. The summed E-state index contributed by atoms with van der Waals surface area (Å²) in [4.78, 5) is 0. The molecule has 2 nitrogen and oxygen atoms in total. The molecule has 20 heavy (non-hydrogen) atoms. The summed E-state index contributed by atoms with van der Waals surface area (Å²) in [6, 6.07) is 16.7. The lowest BCUT2D eigenvalue weighted by molar-refractivity contribution is 0.454. The highest BCUT2D eigenvalue weighted by Gasteiger charge is 2.13. The number of phenolic OH excluding ortho intramolecular Hbond substituents is 1. The Morgan fingerprint density at radius 1 is 0.950 bits per heavy atom. The van der Waals surface area contributed by atoms with Crippen molar-refractivity contribution in [1.82, 2.24) is 5.32 Å². The molecule has 2 N–H and O–H groups in total. The minimum atomic E-state index is 0.252. The lowest BCUT2D eigenvalue weighted by Gasteiger charge is -2.23. The Hall–Kier alpha value is -1.80. The molecule has 0 saturated carbocycles. The molecule has 2 aromatic rings. The fraction of sp³-hybridized carbons (Fsp3) is 0.333. The third-order valence-electron chi connectivity index (χ3n) is 3.73. The maximum absolute atomic E-state index is 9.35. The topological polar surface area (TPSA) is 32.3 Å². The third kappa shape index (κ3) is 3.61. The summed E-state index contributed by atoms with van der Waals surface area (Å²) >= 11 is 0. The molecule has 0 heterocycles. The molecule has 106 valence electrons. The van der Waals surface area contributed by atoms with Crippen LogP contribution in [-0.2, 0) is 0 Å². The summed E-state index contributed by atoms with van der Waals surface area (Å²) in [6.07, 6.45) is 1.05. The fourth-order valence-electron chi connectivity index (χ4n) is 2.41. The van der Waals surface area contributed by atoms with E-state index in [1.165, 1.54) is 16.7 Å². The van der Waals surface area contributed by atoms with Gasteiger partial charge < -0.3 is 10.4 Å². The van der Waals surface area contributed by atoms with Crippen LogP contribution in [0.5, 0.6) is 5.75 Å². The first-order chi connectivity index (χ1) is 9.60. The normalized spacial score (nSPS) is 13.9. The van der Waals surface area contributed by atoms with Gasteiger partial charge in [-0.3, -0.25) is 0 Å². The number of aryl methyl sites for hydroxylation is 1. The molecule has 0 amide bonds. The highest BCUT2D eigenvalue weighted by Crippen LogP contribution is 2.23. The molecular weight excluding hydrogens is 246 g/mol. The number of nitrogens with one attached hydrogen (secondary N) is 1. The fourth-order valence-corrected chi connectivity index (χ4v) is 2.41. The Bertz CT molecular complexity index is 530. The summed E-state index contributed by atoms with van der Waals surface area (Å²) in [7, 11) is 0. The van der Waals surface area contributed by atoms with E-state index in [0.717, 1.165) is 6.42 Å². The minimum Gasteiger partial charge on any atom is -0.508 e. The van der Waals surface area contributed by atoms with Crippen LogP contribution in [0.15, 0.2) is 48.5 Å². The number of phenols is 1. The summed E-state index contributed by atoms with van der Waals surface area (Å²) in [5, 5.41) is 13.0. The second-order valence-electron chi connectivity index (χ2n) is 5.35. The molecule has 2 aromatic carbocycles. The Labute approximate surface area is 121 Å². The first kappa shape index (κ1) is 14.6. The van der Waals surface area contributed by atoms with Crippen LogP contribution in [0, 0.1) is 6.92 Å². The predicted molar refractivity (Wildman–Crippen MR) is 83.9 cm³/mol. The van der Waals surface area contributed by atoms with Gasteiger partial charge in [-0.1, -0.05) is 48.9 Å². The number of hydrogen-bond donors (Lipinski definition) is 2. The van der Waals surface area contributed by atoms with Crippen LogP contribution in [0.2, 0.25) is 0 Å². The monoisotopic (exact) mass is 269 g/mol. The first-order valence-electron chi connectivity index (χ1n) is 7.21. The highest BCUT2D eigenvalue weighted by atomic mass is 16.3. The predicted octanol–water partition coefficient (Wildman–Crippen LogP) is 4.50. The van der Waals surface area contributed by atoms with Gasteiger partial charge in [-0.15, -0.1) is 0 Å². The van der Waals surface area contributed by atoms with E-state index < -0.39 is 0 Å². The standard InChI is InChI=1S/C18H23NO/c1-4-18(16-7-5-13(2)6-8-16)19-14(3)15-9-11-17(20)12-10-15/h5-12,14,18-20H,4H2,1-3H3. The van der Waals surface area contributed by atoms with E-state index in [2.05, 4.69) is 50.4 Å².